The Hall–Kier alpha value is -2.36. The number of nitrogens with zero attached hydrogens (tertiary/aromatic N) is 4. The van der Waals surface area contributed by atoms with Crippen molar-refractivity contribution in [2.45, 2.75) is 38.6 Å². The standard InChI is InChI=1S/C23H30ClFN6O2/c1-14-3-4-16(13-31(14)2)23(32)30-20-9-17(18(24)11-26-20)19-12-27-21(25)22(29-19)28-10-15-5-7-33-8-6-15/h9,11-12,14-16H,3-8,10,13H2,1-2H3,(H,28,29)(H,26,30,32)/t14-,16-/m0/s1. The Morgan fingerprint density at radius 2 is 2.03 bits per heavy atom. The molecule has 10 heteroatoms. The number of hydrogen-bond donors (Lipinski definition) is 2. The highest BCUT2D eigenvalue weighted by atomic mass is 35.5. The highest BCUT2D eigenvalue weighted by molar-refractivity contribution is 6.33. The maximum absolute atomic E-state index is 14.3. The molecule has 0 radical (unpaired) electrons. The lowest BCUT2D eigenvalue weighted by molar-refractivity contribution is -0.121. The summed E-state index contributed by atoms with van der Waals surface area (Å²) in [7, 11) is 2.03. The van der Waals surface area contributed by atoms with Gasteiger partial charge in [-0.2, -0.15) is 4.39 Å². The summed E-state index contributed by atoms with van der Waals surface area (Å²) in [6, 6.07) is 2.13. The largest absolute Gasteiger partial charge is 0.381 e. The Labute approximate surface area is 198 Å². The molecule has 2 aromatic rings. The number of nitrogens with one attached hydrogen (secondary N) is 2. The fourth-order valence-electron chi connectivity index (χ4n) is 4.24. The van der Waals surface area contributed by atoms with Gasteiger partial charge in [0, 0.05) is 44.1 Å². The normalized spacial score (nSPS) is 22.2. The van der Waals surface area contributed by atoms with E-state index in [-0.39, 0.29) is 17.6 Å². The van der Waals surface area contributed by atoms with E-state index in [9.17, 15) is 9.18 Å². The van der Waals surface area contributed by atoms with Gasteiger partial charge in [-0.15, -0.1) is 0 Å². The monoisotopic (exact) mass is 476 g/mol. The summed E-state index contributed by atoms with van der Waals surface area (Å²) in [4.78, 5) is 27.5. The number of pyridine rings is 1. The van der Waals surface area contributed by atoms with Crippen LogP contribution in [0.15, 0.2) is 18.5 Å². The molecule has 4 rings (SSSR count). The van der Waals surface area contributed by atoms with Gasteiger partial charge in [-0.3, -0.25) is 4.79 Å². The third-order valence-corrected chi connectivity index (χ3v) is 6.88. The Bertz CT molecular complexity index is 987. The average Bonchev–Trinajstić information content (AvgIpc) is 2.82. The third-order valence-electron chi connectivity index (χ3n) is 6.57. The van der Waals surface area contributed by atoms with Crippen molar-refractivity contribution in [3.8, 4) is 11.3 Å². The lowest BCUT2D eigenvalue weighted by Gasteiger charge is -2.34. The minimum atomic E-state index is -0.667. The van der Waals surface area contributed by atoms with Crippen LogP contribution in [0.3, 0.4) is 0 Å². The zero-order chi connectivity index (χ0) is 23.4. The molecule has 0 aromatic carbocycles. The van der Waals surface area contributed by atoms with Crippen molar-refractivity contribution in [1.29, 1.82) is 0 Å². The van der Waals surface area contributed by atoms with Gasteiger partial charge in [0.2, 0.25) is 5.91 Å². The number of aromatic nitrogens is 3. The number of anilines is 2. The van der Waals surface area contributed by atoms with Crippen molar-refractivity contribution in [2.75, 3.05) is 44.0 Å². The van der Waals surface area contributed by atoms with E-state index >= 15 is 0 Å². The van der Waals surface area contributed by atoms with Crippen LogP contribution in [0, 0.1) is 17.8 Å². The molecule has 0 spiro atoms. The first kappa shape index (κ1) is 23.8. The van der Waals surface area contributed by atoms with Crippen LogP contribution in [0.2, 0.25) is 5.02 Å². The number of ether oxygens (including phenoxy) is 1. The summed E-state index contributed by atoms with van der Waals surface area (Å²) in [5, 5.41) is 6.31. The van der Waals surface area contributed by atoms with Gasteiger partial charge in [-0.25, -0.2) is 15.0 Å². The first-order valence-corrected chi connectivity index (χ1v) is 11.8. The van der Waals surface area contributed by atoms with E-state index < -0.39 is 5.95 Å². The van der Waals surface area contributed by atoms with Crippen molar-refractivity contribution in [3.05, 3.63) is 29.4 Å². The minimum absolute atomic E-state index is 0.0708. The summed E-state index contributed by atoms with van der Waals surface area (Å²) in [6.45, 7) is 4.91. The van der Waals surface area contributed by atoms with Crippen molar-refractivity contribution in [1.82, 2.24) is 19.9 Å². The van der Waals surface area contributed by atoms with Crippen molar-refractivity contribution in [2.24, 2.45) is 11.8 Å². The molecule has 2 N–H and O–H groups in total. The fraction of sp³-hybridized carbons (Fsp3) is 0.565. The second-order valence-corrected chi connectivity index (χ2v) is 9.34. The molecule has 8 nitrogen and oxygen atoms in total. The maximum atomic E-state index is 14.3. The van der Waals surface area contributed by atoms with E-state index in [1.807, 2.05) is 7.05 Å². The molecule has 1 amide bonds. The molecule has 2 aliphatic rings. The SMILES string of the molecule is C[C@H]1CC[C@H](C(=O)Nc2cc(-c3cnc(F)c(NCC4CCOCC4)n3)c(Cl)cn2)CN1C. The van der Waals surface area contributed by atoms with Gasteiger partial charge in [-0.1, -0.05) is 11.6 Å². The van der Waals surface area contributed by atoms with E-state index in [1.165, 1.54) is 12.4 Å². The van der Waals surface area contributed by atoms with Gasteiger partial charge >= 0.3 is 0 Å². The van der Waals surface area contributed by atoms with Crippen LogP contribution in [0.1, 0.15) is 32.6 Å². The highest BCUT2D eigenvalue weighted by Gasteiger charge is 2.28. The predicted octanol–water partition coefficient (Wildman–Crippen LogP) is 3.84. The quantitative estimate of drug-likeness (QED) is 0.654. The van der Waals surface area contributed by atoms with Crippen molar-refractivity contribution in [3.63, 3.8) is 0 Å². The molecule has 2 aliphatic heterocycles. The zero-order valence-corrected chi connectivity index (χ0v) is 19.7. The molecule has 0 unspecified atom stereocenters. The predicted molar refractivity (Wildman–Crippen MR) is 126 cm³/mol. The third kappa shape index (κ3) is 5.96. The van der Waals surface area contributed by atoms with Gasteiger partial charge in [0.1, 0.15) is 5.82 Å². The summed E-state index contributed by atoms with van der Waals surface area (Å²) >= 11 is 6.36. The lowest BCUT2D eigenvalue weighted by atomic mass is 9.93. The first-order valence-electron chi connectivity index (χ1n) is 11.4. The molecular weight excluding hydrogens is 447 g/mol. The summed E-state index contributed by atoms with van der Waals surface area (Å²) < 4.78 is 19.7. The maximum Gasteiger partial charge on any atom is 0.255 e. The van der Waals surface area contributed by atoms with Gasteiger partial charge in [-0.05, 0) is 51.6 Å². The van der Waals surface area contributed by atoms with Crippen LogP contribution in [0.5, 0.6) is 0 Å². The number of hydrogen-bond acceptors (Lipinski definition) is 7. The molecule has 0 aliphatic carbocycles. The van der Waals surface area contributed by atoms with Gasteiger partial charge in [0.15, 0.2) is 5.82 Å². The number of likely N-dealkylation sites (tertiary alicyclic amines) is 1. The Kier molecular flexibility index (Phi) is 7.72. The average molecular weight is 477 g/mol. The van der Waals surface area contributed by atoms with Crippen LogP contribution in [0.25, 0.3) is 11.3 Å². The van der Waals surface area contributed by atoms with Crippen LogP contribution < -0.4 is 10.6 Å². The van der Waals surface area contributed by atoms with Crippen LogP contribution in [-0.4, -0.2) is 65.2 Å². The molecule has 178 valence electrons. The molecule has 2 saturated heterocycles. The van der Waals surface area contributed by atoms with Crippen molar-refractivity contribution >= 4 is 29.1 Å². The van der Waals surface area contributed by atoms with Crippen LogP contribution >= 0.6 is 11.6 Å². The Morgan fingerprint density at radius 3 is 2.79 bits per heavy atom. The molecule has 33 heavy (non-hydrogen) atoms. The van der Waals surface area contributed by atoms with Gasteiger partial charge < -0.3 is 20.3 Å². The fourth-order valence-corrected chi connectivity index (χ4v) is 4.44. The molecule has 0 bridgehead atoms. The van der Waals surface area contributed by atoms with Gasteiger partial charge in [0.25, 0.3) is 5.95 Å². The van der Waals surface area contributed by atoms with Crippen LogP contribution in [-0.2, 0) is 9.53 Å². The Balaban J connectivity index is 1.47. The first-order chi connectivity index (χ1) is 15.9. The molecule has 2 atom stereocenters. The van der Waals surface area contributed by atoms with E-state index in [1.54, 1.807) is 6.07 Å². The number of halogens is 2. The summed E-state index contributed by atoms with van der Waals surface area (Å²) in [5.41, 5.74) is 0.929. The second kappa shape index (κ2) is 10.7. The molecule has 0 saturated carbocycles. The lowest BCUT2D eigenvalue weighted by Crippen LogP contribution is -2.43. The second-order valence-electron chi connectivity index (χ2n) is 8.93. The van der Waals surface area contributed by atoms with E-state index in [2.05, 4.69) is 37.4 Å². The van der Waals surface area contributed by atoms with E-state index in [4.69, 9.17) is 16.3 Å². The minimum Gasteiger partial charge on any atom is -0.381 e. The number of rotatable bonds is 6. The molecule has 4 heterocycles. The Morgan fingerprint density at radius 1 is 1.24 bits per heavy atom. The highest BCUT2D eigenvalue weighted by Crippen LogP contribution is 2.30. The number of piperidine rings is 1. The van der Waals surface area contributed by atoms with Gasteiger partial charge in [0.05, 0.1) is 22.8 Å². The number of amides is 1. The summed E-state index contributed by atoms with van der Waals surface area (Å²) in [6.07, 6.45) is 6.46. The molecule has 2 aromatic heterocycles. The summed E-state index contributed by atoms with van der Waals surface area (Å²) in [5.74, 6) is 0.0227. The van der Waals surface area contributed by atoms with Crippen molar-refractivity contribution < 1.29 is 13.9 Å². The van der Waals surface area contributed by atoms with E-state index in [0.29, 0.717) is 47.1 Å². The smallest absolute Gasteiger partial charge is 0.255 e. The molecular formula is C23H30ClFN6O2. The zero-order valence-electron chi connectivity index (χ0n) is 19.0. The topological polar surface area (TPSA) is 92.3 Å². The van der Waals surface area contributed by atoms with Crippen LogP contribution in [0.4, 0.5) is 16.0 Å². The molecule has 2 fully saturated rings. The number of carbonyl (C=O) groups excluding carboxylic acids is 1. The number of carbonyl (C=O) groups is 1. The van der Waals surface area contributed by atoms with E-state index in [0.717, 1.165) is 38.9 Å².